The fourth-order valence-electron chi connectivity index (χ4n) is 4.89. The third kappa shape index (κ3) is 6.32. The molecule has 2 aliphatic rings. The van der Waals surface area contributed by atoms with Crippen LogP contribution in [0.3, 0.4) is 0 Å². The summed E-state index contributed by atoms with van der Waals surface area (Å²) >= 11 is 0. The summed E-state index contributed by atoms with van der Waals surface area (Å²) < 4.78 is 0. The first-order valence-electron chi connectivity index (χ1n) is 11.1. The minimum absolute atomic E-state index is 0.000920. The van der Waals surface area contributed by atoms with Gasteiger partial charge in [0.25, 0.3) is 0 Å². The smallest absolute Gasteiger partial charge is 0.220 e. The molecular formula is C23H35N3O2. The average Bonchev–Trinajstić information content (AvgIpc) is 2.72. The first kappa shape index (κ1) is 20.8. The Bertz CT molecular complexity index is 620. The fourth-order valence-corrected chi connectivity index (χ4v) is 4.89. The Labute approximate surface area is 169 Å². The number of amides is 2. The second kappa shape index (κ2) is 10.6. The highest BCUT2D eigenvalue weighted by atomic mass is 16.2. The Hall–Kier alpha value is -1.91. The molecule has 2 saturated carbocycles. The number of hydrogen-bond acceptors (Lipinski definition) is 3. The molecule has 5 heteroatoms. The molecule has 1 heterocycles. The lowest BCUT2D eigenvalue weighted by Gasteiger charge is -2.34. The quantitative estimate of drug-likeness (QED) is 0.741. The van der Waals surface area contributed by atoms with Gasteiger partial charge >= 0.3 is 0 Å². The van der Waals surface area contributed by atoms with E-state index in [1.807, 2.05) is 24.4 Å². The van der Waals surface area contributed by atoms with E-state index >= 15 is 0 Å². The van der Waals surface area contributed by atoms with Crippen LogP contribution in [-0.2, 0) is 9.59 Å². The van der Waals surface area contributed by atoms with E-state index in [0.29, 0.717) is 24.2 Å². The van der Waals surface area contributed by atoms with E-state index in [1.54, 1.807) is 6.92 Å². The van der Waals surface area contributed by atoms with E-state index < -0.39 is 0 Å². The topological polar surface area (TPSA) is 71.1 Å². The lowest BCUT2D eigenvalue weighted by molar-refractivity contribution is -0.123. The minimum Gasteiger partial charge on any atom is -0.356 e. The van der Waals surface area contributed by atoms with Crippen molar-refractivity contribution >= 4 is 11.8 Å². The van der Waals surface area contributed by atoms with Crippen molar-refractivity contribution in [3.05, 3.63) is 30.1 Å². The molecule has 1 aromatic heterocycles. The van der Waals surface area contributed by atoms with Crippen LogP contribution in [0.15, 0.2) is 24.4 Å². The van der Waals surface area contributed by atoms with Gasteiger partial charge in [-0.05, 0) is 68.4 Å². The number of rotatable bonds is 7. The number of carbonyl (C=O) groups is 2. The van der Waals surface area contributed by atoms with E-state index in [1.165, 1.54) is 32.1 Å². The molecule has 0 aliphatic heterocycles. The molecule has 0 radical (unpaired) electrons. The molecule has 3 rings (SSSR count). The average molecular weight is 386 g/mol. The van der Waals surface area contributed by atoms with Gasteiger partial charge in [0.15, 0.2) is 0 Å². The highest BCUT2D eigenvalue weighted by Crippen LogP contribution is 2.36. The maximum absolute atomic E-state index is 12.8. The van der Waals surface area contributed by atoms with Crippen LogP contribution in [0.4, 0.5) is 0 Å². The zero-order valence-corrected chi connectivity index (χ0v) is 17.2. The molecule has 1 atom stereocenters. The number of carbonyl (C=O) groups excluding carboxylic acids is 2. The lowest BCUT2D eigenvalue weighted by atomic mass is 9.77. The highest BCUT2D eigenvalue weighted by Gasteiger charge is 2.31. The summed E-state index contributed by atoms with van der Waals surface area (Å²) in [6, 6.07) is 5.97. The van der Waals surface area contributed by atoms with Gasteiger partial charge in [-0.3, -0.25) is 14.6 Å². The molecule has 0 bridgehead atoms. The molecule has 5 nitrogen and oxygen atoms in total. The van der Waals surface area contributed by atoms with E-state index in [0.717, 1.165) is 37.9 Å². The summed E-state index contributed by atoms with van der Waals surface area (Å²) in [5.41, 5.74) is 0.977. The predicted octanol–water partition coefficient (Wildman–Crippen LogP) is 4.15. The molecule has 1 aromatic rings. The van der Waals surface area contributed by atoms with Crippen molar-refractivity contribution in [2.24, 2.45) is 17.8 Å². The molecule has 2 fully saturated rings. The predicted molar refractivity (Wildman–Crippen MR) is 110 cm³/mol. The van der Waals surface area contributed by atoms with Gasteiger partial charge in [0.1, 0.15) is 0 Å². The van der Waals surface area contributed by atoms with Crippen molar-refractivity contribution in [3.63, 3.8) is 0 Å². The van der Waals surface area contributed by atoms with Crippen LogP contribution in [0.1, 0.15) is 82.9 Å². The number of nitrogens with zero attached hydrogens (tertiary/aromatic N) is 1. The van der Waals surface area contributed by atoms with Crippen LogP contribution in [-0.4, -0.2) is 23.3 Å². The van der Waals surface area contributed by atoms with Crippen LogP contribution >= 0.6 is 0 Å². The van der Waals surface area contributed by atoms with Gasteiger partial charge in [-0.15, -0.1) is 0 Å². The zero-order valence-electron chi connectivity index (χ0n) is 17.2. The van der Waals surface area contributed by atoms with Gasteiger partial charge in [0.2, 0.25) is 11.8 Å². The Balaban J connectivity index is 1.58. The zero-order chi connectivity index (χ0) is 19.8. The first-order valence-corrected chi connectivity index (χ1v) is 11.1. The van der Waals surface area contributed by atoms with Gasteiger partial charge in [-0.1, -0.05) is 25.3 Å². The van der Waals surface area contributed by atoms with Crippen LogP contribution in [0.2, 0.25) is 0 Å². The van der Waals surface area contributed by atoms with Crippen LogP contribution in [0.5, 0.6) is 0 Å². The minimum atomic E-state index is -0.000920. The normalized spacial score (nSPS) is 24.3. The van der Waals surface area contributed by atoms with Crippen molar-refractivity contribution in [3.8, 4) is 0 Å². The van der Waals surface area contributed by atoms with E-state index in [2.05, 4.69) is 15.6 Å². The number of nitrogens with one attached hydrogen (secondary N) is 2. The Morgan fingerprint density at radius 3 is 2.43 bits per heavy atom. The van der Waals surface area contributed by atoms with Crippen molar-refractivity contribution < 1.29 is 9.59 Å². The third-order valence-corrected chi connectivity index (χ3v) is 6.52. The summed E-state index contributed by atoms with van der Waals surface area (Å²) in [5, 5.41) is 6.29. The second-order valence-corrected chi connectivity index (χ2v) is 8.73. The van der Waals surface area contributed by atoms with Gasteiger partial charge in [-0.2, -0.15) is 0 Å². The van der Waals surface area contributed by atoms with Crippen molar-refractivity contribution in [1.29, 1.82) is 0 Å². The van der Waals surface area contributed by atoms with Crippen molar-refractivity contribution in [2.45, 2.75) is 77.2 Å². The van der Waals surface area contributed by atoms with E-state index in [4.69, 9.17) is 0 Å². The largest absolute Gasteiger partial charge is 0.356 e. The molecule has 0 spiro atoms. The summed E-state index contributed by atoms with van der Waals surface area (Å²) in [5.74, 6) is 1.74. The standard InChI is InChI=1S/C23H35N3O2/c1-17(27)25-16-19-10-12-20(13-11-19)23(21-9-5-6-14-24-21)26-22(28)15-18-7-3-2-4-8-18/h5-6,9,14,18-20,23H,2-4,7-8,10-13,15-16H2,1H3,(H,25,27)(H,26,28)/t19?,20?,23-/m0/s1. The fraction of sp³-hybridized carbons (Fsp3) is 0.696. The van der Waals surface area contributed by atoms with Crippen molar-refractivity contribution in [1.82, 2.24) is 15.6 Å². The molecule has 0 saturated heterocycles. The lowest BCUT2D eigenvalue weighted by Crippen LogP contribution is -2.37. The molecule has 2 N–H and O–H groups in total. The summed E-state index contributed by atoms with van der Waals surface area (Å²) in [6.45, 7) is 2.34. The van der Waals surface area contributed by atoms with Crippen LogP contribution < -0.4 is 10.6 Å². The molecule has 0 unspecified atom stereocenters. The first-order chi connectivity index (χ1) is 13.6. The molecule has 0 aromatic carbocycles. The van der Waals surface area contributed by atoms with Gasteiger partial charge in [0, 0.05) is 26.1 Å². The van der Waals surface area contributed by atoms with Crippen LogP contribution in [0.25, 0.3) is 0 Å². The maximum atomic E-state index is 12.8. The summed E-state index contributed by atoms with van der Waals surface area (Å²) in [7, 11) is 0. The number of aromatic nitrogens is 1. The van der Waals surface area contributed by atoms with Gasteiger partial charge < -0.3 is 10.6 Å². The third-order valence-electron chi connectivity index (χ3n) is 6.52. The molecule has 154 valence electrons. The van der Waals surface area contributed by atoms with Gasteiger partial charge in [0.05, 0.1) is 11.7 Å². The monoisotopic (exact) mass is 385 g/mol. The summed E-state index contributed by atoms with van der Waals surface area (Å²) in [6.07, 6.45) is 13.0. The molecule has 28 heavy (non-hydrogen) atoms. The van der Waals surface area contributed by atoms with Crippen molar-refractivity contribution in [2.75, 3.05) is 6.54 Å². The SMILES string of the molecule is CC(=O)NCC1CCC([C@H](NC(=O)CC2CCCCC2)c2ccccn2)CC1. The van der Waals surface area contributed by atoms with Crippen LogP contribution in [0, 0.1) is 17.8 Å². The van der Waals surface area contributed by atoms with Gasteiger partial charge in [-0.25, -0.2) is 0 Å². The molecule has 2 amide bonds. The summed E-state index contributed by atoms with van der Waals surface area (Å²) in [4.78, 5) is 28.5. The highest BCUT2D eigenvalue weighted by molar-refractivity contribution is 5.76. The van der Waals surface area contributed by atoms with E-state index in [-0.39, 0.29) is 17.9 Å². The maximum Gasteiger partial charge on any atom is 0.220 e. The Kier molecular flexibility index (Phi) is 7.87. The Morgan fingerprint density at radius 1 is 1.04 bits per heavy atom. The molecular weight excluding hydrogens is 350 g/mol. The molecule has 2 aliphatic carbocycles. The number of pyridine rings is 1. The number of hydrogen-bond donors (Lipinski definition) is 2. The van der Waals surface area contributed by atoms with E-state index in [9.17, 15) is 9.59 Å². The second-order valence-electron chi connectivity index (χ2n) is 8.73. The Morgan fingerprint density at radius 2 is 1.79 bits per heavy atom.